The fourth-order valence-corrected chi connectivity index (χ4v) is 4.74. The lowest BCUT2D eigenvalue weighted by Gasteiger charge is -2.51. The number of hydrogen-bond acceptors (Lipinski definition) is 5. The summed E-state index contributed by atoms with van der Waals surface area (Å²) in [5.41, 5.74) is -1.02. The first kappa shape index (κ1) is 20.0. The van der Waals surface area contributed by atoms with Gasteiger partial charge in [-0.05, 0) is 44.7 Å². The Bertz CT molecular complexity index is 777. The zero-order valence-corrected chi connectivity index (χ0v) is 16.8. The SMILES string of the molecule is C[C@]1(O)CC2(CCN(C(=O)C3CC=CC3)CC2)OC[C@@H]1NC(=O)c1ccncc1. The van der Waals surface area contributed by atoms with Gasteiger partial charge in [0.25, 0.3) is 5.91 Å². The molecule has 2 fully saturated rings. The van der Waals surface area contributed by atoms with Crippen molar-refractivity contribution in [3.63, 3.8) is 0 Å². The minimum absolute atomic E-state index is 0.0900. The third-order valence-corrected chi connectivity index (χ3v) is 6.58. The van der Waals surface area contributed by atoms with Gasteiger partial charge in [-0.2, -0.15) is 0 Å². The van der Waals surface area contributed by atoms with Crippen molar-refractivity contribution in [2.75, 3.05) is 19.7 Å². The zero-order chi connectivity index (χ0) is 20.5. The number of amides is 2. The zero-order valence-electron chi connectivity index (χ0n) is 16.8. The largest absolute Gasteiger partial charge is 0.388 e. The first-order chi connectivity index (χ1) is 13.9. The van der Waals surface area contributed by atoms with E-state index in [0.29, 0.717) is 37.9 Å². The fourth-order valence-electron chi connectivity index (χ4n) is 4.74. The Labute approximate surface area is 171 Å². The summed E-state index contributed by atoms with van der Waals surface area (Å²) in [5.74, 6) is 0.0740. The van der Waals surface area contributed by atoms with Crippen molar-refractivity contribution < 1.29 is 19.4 Å². The Hall–Kier alpha value is -2.25. The van der Waals surface area contributed by atoms with Gasteiger partial charge in [-0.3, -0.25) is 14.6 Å². The van der Waals surface area contributed by atoms with Crippen LogP contribution in [0.25, 0.3) is 0 Å². The van der Waals surface area contributed by atoms with Gasteiger partial charge in [0, 0.05) is 43.4 Å². The molecule has 0 radical (unpaired) electrons. The second-order valence-corrected chi connectivity index (χ2v) is 8.75. The number of allylic oxidation sites excluding steroid dienone is 2. The molecule has 1 aliphatic carbocycles. The Morgan fingerprint density at radius 3 is 2.48 bits per heavy atom. The van der Waals surface area contributed by atoms with Gasteiger partial charge in [0.05, 0.1) is 23.9 Å². The number of likely N-dealkylation sites (tertiary alicyclic amines) is 1. The van der Waals surface area contributed by atoms with Crippen LogP contribution < -0.4 is 5.32 Å². The molecule has 2 aliphatic heterocycles. The smallest absolute Gasteiger partial charge is 0.251 e. The van der Waals surface area contributed by atoms with Crippen molar-refractivity contribution in [3.05, 3.63) is 42.2 Å². The number of piperidine rings is 1. The van der Waals surface area contributed by atoms with Crippen LogP contribution in [0.5, 0.6) is 0 Å². The van der Waals surface area contributed by atoms with Crippen LogP contribution in [-0.2, 0) is 9.53 Å². The summed E-state index contributed by atoms with van der Waals surface area (Å²) < 4.78 is 6.21. The highest BCUT2D eigenvalue weighted by atomic mass is 16.5. The predicted octanol–water partition coefficient (Wildman–Crippen LogP) is 1.68. The summed E-state index contributed by atoms with van der Waals surface area (Å²) in [6, 6.07) is 2.79. The molecule has 0 saturated carbocycles. The predicted molar refractivity (Wildman–Crippen MR) is 107 cm³/mol. The molecular weight excluding hydrogens is 370 g/mol. The summed E-state index contributed by atoms with van der Waals surface area (Å²) >= 11 is 0. The average Bonchev–Trinajstić information content (AvgIpc) is 3.25. The maximum absolute atomic E-state index is 12.7. The molecule has 3 aliphatic rings. The Morgan fingerprint density at radius 1 is 1.21 bits per heavy atom. The molecule has 7 nitrogen and oxygen atoms in total. The third-order valence-electron chi connectivity index (χ3n) is 6.58. The molecule has 156 valence electrons. The van der Waals surface area contributed by atoms with Crippen LogP contribution in [0.3, 0.4) is 0 Å². The molecule has 0 bridgehead atoms. The van der Waals surface area contributed by atoms with Crippen molar-refractivity contribution in [2.45, 2.75) is 56.3 Å². The van der Waals surface area contributed by atoms with Gasteiger partial charge in [0.1, 0.15) is 0 Å². The number of pyridine rings is 1. The van der Waals surface area contributed by atoms with Crippen LogP contribution >= 0.6 is 0 Å². The van der Waals surface area contributed by atoms with Crippen LogP contribution in [-0.4, -0.2) is 63.7 Å². The van der Waals surface area contributed by atoms with Crippen LogP contribution in [0.2, 0.25) is 0 Å². The van der Waals surface area contributed by atoms with Gasteiger partial charge < -0.3 is 20.1 Å². The van der Waals surface area contributed by atoms with Crippen LogP contribution in [0, 0.1) is 5.92 Å². The van der Waals surface area contributed by atoms with Crippen molar-refractivity contribution in [1.82, 2.24) is 15.2 Å². The number of aromatic nitrogens is 1. The Kier molecular flexibility index (Phi) is 5.44. The van der Waals surface area contributed by atoms with E-state index < -0.39 is 17.2 Å². The molecule has 0 unspecified atom stereocenters. The summed E-state index contributed by atoms with van der Waals surface area (Å²) in [6.45, 7) is 3.32. The van der Waals surface area contributed by atoms with Crippen LogP contribution in [0.1, 0.15) is 49.4 Å². The van der Waals surface area contributed by atoms with E-state index >= 15 is 0 Å². The van der Waals surface area contributed by atoms with Gasteiger partial charge in [0.15, 0.2) is 0 Å². The van der Waals surface area contributed by atoms with E-state index in [1.54, 1.807) is 31.5 Å². The van der Waals surface area contributed by atoms with Crippen molar-refractivity contribution >= 4 is 11.8 Å². The first-order valence-corrected chi connectivity index (χ1v) is 10.4. The first-order valence-electron chi connectivity index (χ1n) is 10.4. The van der Waals surface area contributed by atoms with Crippen molar-refractivity contribution in [2.24, 2.45) is 5.92 Å². The lowest BCUT2D eigenvalue weighted by atomic mass is 9.75. The number of ether oxygens (including phenoxy) is 1. The number of nitrogens with one attached hydrogen (secondary N) is 1. The maximum atomic E-state index is 12.7. The Morgan fingerprint density at radius 2 is 1.86 bits per heavy atom. The number of hydrogen-bond donors (Lipinski definition) is 2. The van der Waals surface area contributed by atoms with Gasteiger partial charge in [-0.25, -0.2) is 0 Å². The molecule has 2 N–H and O–H groups in total. The minimum Gasteiger partial charge on any atom is -0.388 e. The molecule has 2 atom stereocenters. The molecule has 4 rings (SSSR count). The molecule has 2 amide bonds. The highest BCUT2D eigenvalue weighted by molar-refractivity contribution is 5.94. The van der Waals surface area contributed by atoms with E-state index in [0.717, 1.165) is 12.8 Å². The molecule has 2 saturated heterocycles. The lowest BCUT2D eigenvalue weighted by molar-refractivity contribution is -0.187. The second-order valence-electron chi connectivity index (χ2n) is 8.75. The highest BCUT2D eigenvalue weighted by Gasteiger charge is 2.50. The quantitative estimate of drug-likeness (QED) is 0.755. The molecule has 7 heteroatoms. The van der Waals surface area contributed by atoms with Crippen LogP contribution in [0.4, 0.5) is 0 Å². The third kappa shape index (κ3) is 4.21. The van der Waals surface area contributed by atoms with Gasteiger partial charge in [-0.15, -0.1) is 0 Å². The summed E-state index contributed by atoms with van der Waals surface area (Å²) in [7, 11) is 0. The molecular formula is C22H29N3O4. The topological polar surface area (TPSA) is 91.8 Å². The summed E-state index contributed by atoms with van der Waals surface area (Å²) in [4.78, 5) is 31.0. The molecule has 0 aromatic carbocycles. The minimum atomic E-state index is -1.08. The number of aliphatic hydroxyl groups is 1. The second kappa shape index (κ2) is 7.88. The molecule has 1 aromatic rings. The number of carbonyl (C=O) groups excluding carboxylic acids is 2. The summed E-state index contributed by atoms with van der Waals surface area (Å²) in [6.07, 6.45) is 10.8. The van der Waals surface area contributed by atoms with Gasteiger partial charge in [0.2, 0.25) is 5.91 Å². The monoisotopic (exact) mass is 399 g/mol. The van der Waals surface area contributed by atoms with Crippen LogP contribution in [0.15, 0.2) is 36.7 Å². The van der Waals surface area contributed by atoms with Crippen molar-refractivity contribution in [3.8, 4) is 0 Å². The van der Waals surface area contributed by atoms with Crippen molar-refractivity contribution in [1.29, 1.82) is 0 Å². The number of nitrogens with zero attached hydrogens (tertiary/aromatic N) is 2. The molecule has 1 aromatic heterocycles. The maximum Gasteiger partial charge on any atom is 0.251 e. The standard InChI is InChI=1S/C22H29N3O4/c1-21(28)15-22(8-12-25(13-9-22)20(27)17-4-2-3-5-17)29-14-18(21)24-19(26)16-6-10-23-11-7-16/h2-3,6-7,10-11,17-18,28H,4-5,8-9,12-15H2,1H3,(H,24,26)/t18-,21-/m0/s1. The van der Waals surface area contributed by atoms with E-state index in [1.807, 2.05) is 4.90 Å². The fraction of sp³-hybridized carbons (Fsp3) is 0.591. The van der Waals surface area contributed by atoms with E-state index in [-0.39, 0.29) is 24.3 Å². The number of rotatable bonds is 3. The van der Waals surface area contributed by atoms with E-state index in [2.05, 4.69) is 22.5 Å². The molecule has 3 heterocycles. The van der Waals surface area contributed by atoms with E-state index in [1.165, 1.54) is 0 Å². The Balaban J connectivity index is 1.34. The molecule has 29 heavy (non-hydrogen) atoms. The highest BCUT2D eigenvalue weighted by Crippen LogP contribution is 2.40. The number of carbonyl (C=O) groups is 2. The van der Waals surface area contributed by atoms with Gasteiger partial charge >= 0.3 is 0 Å². The van der Waals surface area contributed by atoms with E-state index in [9.17, 15) is 14.7 Å². The van der Waals surface area contributed by atoms with Gasteiger partial charge in [-0.1, -0.05) is 12.2 Å². The lowest BCUT2D eigenvalue weighted by Crippen LogP contribution is -2.64. The normalized spacial score (nSPS) is 29.2. The van der Waals surface area contributed by atoms with E-state index in [4.69, 9.17) is 4.74 Å². The average molecular weight is 399 g/mol. The molecule has 1 spiro atoms. The summed E-state index contributed by atoms with van der Waals surface area (Å²) in [5, 5.41) is 14.0.